The predicted molar refractivity (Wildman–Crippen MR) is 148 cm³/mol. The molecule has 0 heterocycles. The summed E-state index contributed by atoms with van der Waals surface area (Å²) in [6.45, 7) is -0.0733. The molecule has 0 aromatic heterocycles. The second-order valence-corrected chi connectivity index (χ2v) is 10.2. The van der Waals surface area contributed by atoms with Crippen molar-refractivity contribution in [2.45, 2.75) is 57.2 Å². The van der Waals surface area contributed by atoms with Crippen molar-refractivity contribution in [1.29, 1.82) is 0 Å². The molecule has 0 aliphatic heterocycles. The number of carbonyl (C=O) groups is 2. The summed E-state index contributed by atoms with van der Waals surface area (Å²) in [5.41, 5.74) is 1.73. The third-order valence-electron chi connectivity index (χ3n) is 6.71. The van der Waals surface area contributed by atoms with Gasteiger partial charge in [0.05, 0.1) is 5.02 Å². The summed E-state index contributed by atoms with van der Waals surface area (Å²) < 4.78 is 5.79. The van der Waals surface area contributed by atoms with Gasteiger partial charge in [-0.15, -0.1) is 0 Å². The van der Waals surface area contributed by atoms with Crippen LogP contribution in [-0.4, -0.2) is 35.4 Å². The van der Waals surface area contributed by atoms with Gasteiger partial charge in [-0.05, 0) is 42.2 Å². The van der Waals surface area contributed by atoms with Gasteiger partial charge in [0.25, 0.3) is 5.91 Å². The summed E-state index contributed by atoms with van der Waals surface area (Å²) in [6, 6.07) is 23.5. The zero-order chi connectivity index (χ0) is 26.0. The largest absolute Gasteiger partial charge is 0.482 e. The Bertz CT molecular complexity index is 1180. The fourth-order valence-corrected chi connectivity index (χ4v) is 5.08. The van der Waals surface area contributed by atoms with Crippen molar-refractivity contribution < 1.29 is 14.3 Å². The van der Waals surface area contributed by atoms with Crippen LogP contribution in [-0.2, 0) is 22.6 Å². The summed E-state index contributed by atoms with van der Waals surface area (Å²) in [7, 11) is 0. The molecular formula is C30H32Cl2N2O3. The Labute approximate surface area is 228 Å². The van der Waals surface area contributed by atoms with Gasteiger partial charge >= 0.3 is 0 Å². The molecule has 1 N–H and O–H groups in total. The molecule has 4 rings (SSSR count). The lowest BCUT2D eigenvalue weighted by Gasteiger charge is -2.33. The molecule has 0 bridgehead atoms. The van der Waals surface area contributed by atoms with Crippen LogP contribution in [0.15, 0.2) is 78.9 Å². The van der Waals surface area contributed by atoms with E-state index >= 15 is 0 Å². The Morgan fingerprint density at radius 2 is 1.51 bits per heavy atom. The van der Waals surface area contributed by atoms with Gasteiger partial charge in [0, 0.05) is 24.0 Å². The van der Waals surface area contributed by atoms with E-state index in [0.717, 1.165) is 36.8 Å². The van der Waals surface area contributed by atoms with Crippen LogP contribution >= 0.6 is 23.2 Å². The number of para-hydroxylation sites is 1. The van der Waals surface area contributed by atoms with Crippen LogP contribution in [0.4, 0.5) is 0 Å². The molecule has 7 heteroatoms. The molecule has 37 heavy (non-hydrogen) atoms. The molecule has 1 aliphatic rings. The molecule has 0 unspecified atom stereocenters. The van der Waals surface area contributed by atoms with E-state index in [1.54, 1.807) is 35.2 Å². The Kier molecular flexibility index (Phi) is 9.86. The normalized spacial score (nSPS) is 14.5. The molecule has 1 aliphatic carbocycles. The van der Waals surface area contributed by atoms with Crippen LogP contribution < -0.4 is 10.1 Å². The maximum absolute atomic E-state index is 13.8. The van der Waals surface area contributed by atoms with Crippen LogP contribution in [0.3, 0.4) is 0 Å². The summed E-state index contributed by atoms with van der Waals surface area (Å²) in [4.78, 5) is 29.1. The van der Waals surface area contributed by atoms with Gasteiger partial charge in [0.2, 0.25) is 5.91 Å². The molecule has 194 valence electrons. The minimum Gasteiger partial charge on any atom is -0.482 e. The van der Waals surface area contributed by atoms with Gasteiger partial charge in [0.1, 0.15) is 11.8 Å². The van der Waals surface area contributed by atoms with Crippen LogP contribution in [0.25, 0.3) is 0 Å². The highest BCUT2D eigenvalue weighted by atomic mass is 35.5. The molecule has 0 radical (unpaired) electrons. The fraction of sp³-hybridized carbons (Fsp3) is 0.333. The smallest absolute Gasteiger partial charge is 0.261 e. The molecule has 3 aromatic carbocycles. The maximum atomic E-state index is 13.8. The maximum Gasteiger partial charge on any atom is 0.261 e. The van der Waals surface area contributed by atoms with Crippen molar-refractivity contribution in [2.75, 3.05) is 6.61 Å². The average molecular weight is 540 g/mol. The Hall–Kier alpha value is -3.02. The van der Waals surface area contributed by atoms with Crippen LogP contribution in [0.1, 0.15) is 43.2 Å². The highest BCUT2D eigenvalue weighted by Gasteiger charge is 2.32. The monoisotopic (exact) mass is 538 g/mol. The van der Waals surface area contributed by atoms with E-state index in [2.05, 4.69) is 5.32 Å². The Morgan fingerprint density at radius 3 is 2.22 bits per heavy atom. The number of hydrogen-bond acceptors (Lipinski definition) is 3. The lowest BCUT2D eigenvalue weighted by Crippen LogP contribution is -2.53. The summed E-state index contributed by atoms with van der Waals surface area (Å²) >= 11 is 12.7. The molecular weight excluding hydrogens is 507 g/mol. The molecule has 1 fully saturated rings. The van der Waals surface area contributed by atoms with Gasteiger partial charge in [-0.25, -0.2) is 0 Å². The van der Waals surface area contributed by atoms with Crippen LogP contribution in [0.5, 0.6) is 5.75 Å². The number of rotatable bonds is 10. The highest BCUT2D eigenvalue weighted by molar-refractivity contribution is 6.32. The fourth-order valence-electron chi connectivity index (χ4n) is 4.69. The lowest BCUT2D eigenvalue weighted by atomic mass is 9.94. The number of nitrogens with one attached hydrogen (secondary N) is 1. The van der Waals surface area contributed by atoms with Gasteiger partial charge in [0.15, 0.2) is 6.61 Å². The number of halogens is 2. The number of hydrogen-bond donors (Lipinski definition) is 1. The first-order valence-electron chi connectivity index (χ1n) is 12.8. The van der Waals surface area contributed by atoms with Crippen LogP contribution in [0, 0.1) is 0 Å². The van der Waals surface area contributed by atoms with Crippen molar-refractivity contribution in [3.63, 3.8) is 0 Å². The van der Waals surface area contributed by atoms with Crippen molar-refractivity contribution in [3.8, 4) is 5.75 Å². The quantitative estimate of drug-likeness (QED) is 0.322. The first-order chi connectivity index (χ1) is 18.0. The van der Waals surface area contributed by atoms with Gasteiger partial charge in [-0.2, -0.15) is 0 Å². The zero-order valence-corrected chi connectivity index (χ0v) is 22.3. The van der Waals surface area contributed by atoms with E-state index in [-0.39, 0.29) is 31.0 Å². The molecule has 2 amide bonds. The van der Waals surface area contributed by atoms with E-state index < -0.39 is 6.04 Å². The lowest BCUT2D eigenvalue weighted by molar-refractivity contribution is -0.143. The topological polar surface area (TPSA) is 58.6 Å². The molecule has 0 spiro atoms. The zero-order valence-electron chi connectivity index (χ0n) is 20.7. The van der Waals surface area contributed by atoms with Crippen molar-refractivity contribution in [1.82, 2.24) is 10.2 Å². The van der Waals surface area contributed by atoms with Gasteiger partial charge in [-0.1, -0.05) is 103 Å². The van der Waals surface area contributed by atoms with Crippen LogP contribution in [0.2, 0.25) is 10.0 Å². The number of amides is 2. The van der Waals surface area contributed by atoms with Crippen molar-refractivity contribution in [3.05, 3.63) is 100 Å². The minimum absolute atomic E-state index is 0.121. The standard InChI is InChI=1S/C30H32Cl2N2O3/c31-25-16-8-7-13-23(25)20-34(29(35)21-37-28-18-10-9-17-26(28)32)27(19-22-11-3-1-4-12-22)30(36)33-24-14-5-2-6-15-24/h1,3-4,7-13,16-18,24,27H,2,5-6,14-15,19-21H2,(H,33,36)/t27-/m1/s1. The minimum atomic E-state index is -0.733. The predicted octanol–water partition coefficient (Wildman–Crippen LogP) is 6.46. The first kappa shape index (κ1) is 27.0. The molecule has 3 aromatic rings. The van der Waals surface area contributed by atoms with E-state index in [1.807, 2.05) is 48.5 Å². The van der Waals surface area contributed by atoms with E-state index in [4.69, 9.17) is 27.9 Å². The second-order valence-electron chi connectivity index (χ2n) is 9.38. The summed E-state index contributed by atoms with van der Waals surface area (Å²) in [5.74, 6) is -0.0602. The number of benzene rings is 3. The SMILES string of the molecule is O=C(NC1CCCCC1)[C@@H](Cc1ccccc1)N(Cc1ccccc1Cl)C(=O)COc1ccccc1Cl. The average Bonchev–Trinajstić information content (AvgIpc) is 2.92. The summed E-state index contributed by atoms with van der Waals surface area (Å²) in [6.07, 6.45) is 5.68. The number of ether oxygens (including phenoxy) is 1. The molecule has 5 nitrogen and oxygen atoms in total. The Balaban J connectivity index is 1.62. The van der Waals surface area contributed by atoms with Gasteiger partial charge in [-0.3, -0.25) is 9.59 Å². The molecule has 1 atom stereocenters. The van der Waals surface area contributed by atoms with Gasteiger partial charge < -0.3 is 15.0 Å². The Morgan fingerprint density at radius 1 is 0.865 bits per heavy atom. The number of carbonyl (C=O) groups excluding carboxylic acids is 2. The second kappa shape index (κ2) is 13.5. The third-order valence-corrected chi connectivity index (χ3v) is 7.39. The molecule has 1 saturated carbocycles. The van der Waals surface area contributed by atoms with E-state index in [9.17, 15) is 9.59 Å². The first-order valence-corrected chi connectivity index (χ1v) is 13.5. The van der Waals surface area contributed by atoms with Crippen molar-refractivity contribution in [2.24, 2.45) is 0 Å². The van der Waals surface area contributed by atoms with Crippen molar-refractivity contribution >= 4 is 35.0 Å². The number of nitrogens with zero attached hydrogens (tertiary/aromatic N) is 1. The van der Waals surface area contributed by atoms with E-state index in [0.29, 0.717) is 22.2 Å². The van der Waals surface area contributed by atoms with E-state index in [1.165, 1.54) is 6.42 Å². The summed E-state index contributed by atoms with van der Waals surface area (Å²) in [5, 5.41) is 4.19. The third kappa shape index (κ3) is 7.73. The molecule has 0 saturated heterocycles. The highest BCUT2D eigenvalue weighted by Crippen LogP contribution is 2.25.